The molecule has 1 saturated heterocycles. The molecule has 54 heavy (non-hydrogen) atoms. The summed E-state index contributed by atoms with van der Waals surface area (Å²) in [6.45, 7) is 6.64. The molecule has 5 aromatic rings. The maximum absolute atomic E-state index is 13.1. The minimum Gasteiger partial charge on any atom is -0.506 e. The van der Waals surface area contributed by atoms with Gasteiger partial charge in [0, 0.05) is 79.0 Å². The zero-order valence-electron chi connectivity index (χ0n) is 29.6. The topological polar surface area (TPSA) is 167 Å². The normalized spacial score (nSPS) is 13.3. The van der Waals surface area contributed by atoms with Crippen LogP contribution in [-0.2, 0) is 16.6 Å². The second kappa shape index (κ2) is 17.5. The van der Waals surface area contributed by atoms with E-state index < -0.39 is 31.4 Å². The monoisotopic (exact) mass is 768 g/mol. The predicted octanol–water partition coefficient (Wildman–Crippen LogP) is 6.41. The molecular formula is C39H40N6O7S2. The van der Waals surface area contributed by atoms with Gasteiger partial charge in [0.15, 0.2) is 0 Å². The summed E-state index contributed by atoms with van der Waals surface area (Å²) in [6, 6.07) is 27.6. The molecule has 15 heteroatoms. The molecule has 1 aliphatic rings. The number of aromatic nitrogens is 1. The quantitative estimate of drug-likeness (QED) is 0.0465. The van der Waals surface area contributed by atoms with Crippen LogP contribution in [0.25, 0.3) is 11.1 Å². The molecule has 0 spiro atoms. The van der Waals surface area contributed by atoms with Crippen LogP contribution in [0.15, 0.2) is 119 Å². The maximum Gasteiger partial charge on any atom is 0.293 e. The molecule has 1 amide bonds. The Kier molecular flexibility index (Phi) is 12.3. The highest BCUT2D eigenvalue weighted by atomic mass is 32.2. The minimum atomic E-state index is -4.40. The number of aromatic hydroxyl groups is 1. The van der Waals surface area contributed by atoms with Gasteiger partial charge in [-0.3, -0.25) is 24.8 Å². The van der Waals surface area contributed by atoms with Crippen molar-refractivity contribution in [2.75, 3.05) is 55.3 Å². The van der Waals surface area contributed by atoms with E-state index in [1.165, 1.54) is 18.3 Å². The molecule has 1 aromatic heterocycles. The fraction of sp³-hybridized carbons (Fsp3) is 0.231. The lowest BCUT2D eigenvalue weighted by atomic mass is 10.0. The molecule has 0 saturated carbocycles. The van der Waals surface area contributed by atoms with Gasteiger partial charge >= 0.3 is 0 Å². The summed E-state index contributed by atoms with van der Waals surface area (Å²) in [6.07, 6.45) is 3.11. The average molecular weight is 769 g/mol. The van der Waals surface area contributed by atoms with Crippen LogP contribution in [0.3, 0.4) is 0 Å². The van der Waals surface area contributed by atoms with Crippen molar-refractivity contribution in [3.63, 3.8) is 0 Å². The fourth-order valence-corrected chi connectivity index (χ4v) is 7.87. The number of hydrogen-bond acceptors (Lipinski definition) is 12. The Morgan fingerprint density at radius 1 is 0.944 bits per heavy atom. The van der Waals surface area contributed by atoms with Crippen LogP contribution in [0.1, 0.15) is 22.8 Å². The SMILES string of the molecule is CCOc1cc(CN2CCN(c3ccc(C(=O)NS(=O)(=O)c4ccc(NCCSc5ccccc5)c([N+](=O)[O-])c4)cc3)CC2)cc(-c2cncc(O)c2)c1. The summed E-state index contributed by atoms with van der Waals surface area (Å²) < 4.78 is 34.1. The summed E-state index contributed by atoms with van der Waals surface area (Å²) in [5.41, 5.74) is 3.59. The number of nitro benzene ring substituents is 1. The van der Waals surface area contributed by atoms with Gasteiger partial charge in [-0.05, 0) is 90.8 Å². The molecule has 3 N–H and O–H groups in total. The second-order valence-corrected chi connectivity index (χ2v) is 15.4. The molecule has 2 heterocycles. The van der Waals surface area contributed by atoms with Crippen molar-refractivity contribution in [1.82, 2.24) is 14.6 Å². The molecule has 0 aliphatic carbocycles. The number of piperazine rings is 1. The number of amides is 1. The highest BCUT2D eigenvalue weighted by Crippen LogP contribution is 2.30. The van der Waals surface area contributed by atoms with Gasteiger partial charge in [-0.25, -0.2) is 13.1 Å². The molecule has 1 aliphatic heterocycles. The average Bonchev–Trinajstić information content (AvgIpc) is 3.17. The number of thioether (sulfide) groups is 1. The van der Waals surface area contributed by atoms with Gasteiger partial charge in [0.1, 0.15) is 17.2 Å². The smallest absolute Gasteiger partial charge is 0.293 e. The van der Waals surface area contributed by atoms with Crippen molar-refractivity contribution in [3.8, 4) is 22.6 Å². The van der Waals surface area contributed by atoms with Crippen LogP contribution in [-0.4, -0.2) is 79.3 Å². The van der Waals surface area contributed by atoms with Crippen LogP contribution in [0.5, 0.6) is 11.5 Å². The molecular weight excluding hydrogens is 729 g/mol. The standard InChI is InChI=1S/C39H40N6O7S2/c1-2-52-34-21-28(20-30(23-34)31-22-33(46)26-40-25-31)27-43-15-17-44(18-16-43)32-10-8-29(9-11-32)39(47)42-54(50,51)36-12-13-37(38(24-36)45(48)49)41-14-19-53-35-6-4-3-5-7-35/h3-13,20-26,41,46H,2,14-19,27H2,1H3,(H,42,47). The number of sulfonamides is 1. The lowest BCUT2D eigenvalue weighted by molar-refractivity contribution is -0.384. The molecule has 4 aromatic carbocycles. The Balaban J connectivity index is 1.03. The second-order valence-electron chi connectivity index (χ2n) is 12.5. The zero-order valence-corrected chi connectivity index (χ0v) is 31.2. The number of nitrogens with zero attached hydrogens (tertiary/aromatic N) is 4. The van der Waals surface area contributed by atoms with Gasteiger partial charge < -0.3 is 20.1 Å². The first-order valence-electron chi connectivity index (χ1n) is 17.3. The Morgan fingerprint density at radius 3 is 2.41 bits per heavy atom. The van der Waals surface area contributed by atoms with Crippen molar-refractivity contribution in [3.05, 3.63) is 131 Å². The van der Waals surface area contributed by atoms with Crippen LogP contribution >= 0.6 is 11.8 Å². The van der Waals surface area contributed by atoms with Crippen molar-refractivity contribution in [1.29, 1.82) is 0 Å². The number of anilines is 2. The number of ether oxygens (including phenoxy) is 1. The third-order valence-corrected chi connectivity index (χ3v) is 11.1. The Labute approximate surface area is 318 Å². The van der Waals surface area contributed by atoms with E-state index in [4.69, 9.17) is 4.74 Å². The number of nitro groups is 1. The molecule has 1 fully saturated rings. The Bertz CT molecular complexity index is 2200. The lowest BCUT2D eigenvalue weighted by Gasteiger charge is -2.36. The van der Waals surface area contributed by atoms with Gasteiger partial charge in [0.05, 0.1) is 22.6 Å². The molecule has 0 atom stereocenters. The highest BCUT2D eigenvalue weighted by Gasteiger charge is 2.24. The largest absolute Gasteiger partial charge is 0.506 e. The van der Waals surface area contributed by atoms with Gasteiger partial charge in [-0.1, -0.05) is 18.2 Å². The number of carbonyl (C=O) groups is 1. The summed E-state index contributed by atoms with van der Waals surface area (Å²) in [4.78, 5) is 33.5. The number of hydrogen-bond donors (Lipinski definition) is 3. The van der Waals surface area contributed by atoms with Gasteiger partial charge in [-0.2, -0.15) is 0 Å². The zero-order chi connectivity index (χ0) is 38.1. The van der Waals surface area contributed by atoms with Crippen LogP contribution in [0.2, 0.25) is 0 Å². The third-order valence-electron chi connectivity index (χ3n) is 8.74. The van der Waals surface area contributed by atoms with E-state index in [9.17, 15) is 28.4 Å². The highest BCUT2D eigenvalue weighted by molar-refractivity contribution is 7.99. The van der Waals surface area contributed by atoms with Crippen molar-refractivity contribution in [2.45, 2.75) is 23.3 Å². The van der Waals surface area contributed by atoms with Crippen LogP contribution < -0.4 is 19.7 Å². The molecule has 280 valence electrons. The lowest BCUT2D eigenvalue weighted by Crippen LogP contribution is -2.46. The number of rotatable bonds is 15. The van der Waals surface area contributed by atoms with E-state index in [0.29, 0.717) is 25.4 Å². The van der Waals surface area contributed by atoms with E-state index in [1.54, 1.807) is 48.3 Å². The predicted molar refractivity (Wildman–Crippen MR) is 210 cm³/mol. The van der Waals surface area contributed by atoms with E-state index in [0.717, 1.165) is 65.3 Å². The summed E-state index contributed by atoms with van der Waals surface area (Å²) >= 11 is 1.59. The number of benzene rings is 4. The number of pyridine rings is 1. The molecule has 6 rings (SSSR count). The van der Waals surface area contributed by atoms with Gasteiger partial charge in [0.2, 0.25) is 0 Å². The van der Waals surface area contributed by atoms with Crippen LogP contribution in [0, 0.1) is 10.1 Å². The summed E-state index contributed by atoms with van der Waals surface area (Å²) in [7, 11) is -4.40. The van der Waals surface area contributed by atoms with E-state index >= 15 is 0 Å². The first kappa shape index (κ1) is 38.1. The van der Waals surface area contributed by atoms with E-state index in [1.807, 2.05) is 54.1 Å². The maximum atomic E-state index is 13.1. The van der Waals surface area contributed by atoms with Gasteiger partial charge in [-0.15, -0.1) is 11.8 Å². The molecule has 0 bridgehead atoms. The first-order valence-corrected chi connectivity index (χ1v) is 19.8. The Hall–Kier alpha value is -5.64. The molecule has 0 radical (unpaired) electrons. The fourth-order valence-electron chi connectivity index (χ4n) is 6.09. The minimum absolute atomic E-state index is 0.0957. The third kappa shape index (κ3) is 9.86. The van der Waals surface area contributed by atoms with Crippen LogP contribution in [0.4, 0.5) is 17.1 Å². The van der Waals surface area contributed by atoms with Crippen molar-refractivity contribution < 1.29 is 28.0 Å². The molecule has 13 nitrogen and oxygen atoms in total. The van der Waals surface area contributed by atoms with E-state index in [-0.39, 0.29) is 17.0 Å². The van der Waals surface area contributed by atoms with E-state index in [2.05, 4.69) is 26.2 Å². The van der Waals surface area contributed by atoms with Crippen molar-refractivity contribution in [2.24, 2.45) is 0 Å². The number of nitrogens with one attached hydrogen (secondary N) is 2. The first-order chi connectivity index (χ1) is 26.1. The summed E-state index contributed by atoms with van der Waals surface area (Å²) in [5.74, 6) is 0.641. The molecule has 0 unspecified atom stereocenters. The van der Waals surface area contributed by atoms with Crippen molar-refractivity contribution >= 4 is 44.8 Å². The van der Waals surface area contributed by atoms with Gasteiger partial charge in [0.25, 0.3) is 21.6 Å². The number of carbonyl (C=O) groups excluding carboxylic acids is 1. The summed E-state index contributed by atoms with van der Waals surface area (Å²) in [5, 5.41) is 24.8. The Morgan fingerprint density at radius 2 is 1.70 bits per heavy atom.